The minimum atomic E-state index is -1.08. The zero-order chi connectivity index (χ0) is 12.7. The van der Waals surface area contributed by atoms with Crippen LogP contribution >= 0.6 is 0 Å². The number of amides is 3. The van der Waals surface area contributed by atoms with Crippen molar-refractivity contribution in [3.63, 3.8) is 0 Å². The van der Waals surface area contributed by atoms with Crippen molar-refractivity contribution in [2.45, 2.75) is 26.3 Å². The van der Waals surface area contributed by atoms with Crippen molar-refractivity contribution < 1.29 is 19.5 Å². The monoisotopic (exact) mass is 231 g/mol. The van der Waals surface area contributed by atoms with E-state index in [-0.39, 0.29) is 25.6 Å². The quantitative estimate of drug-likeness (QED) is 0.564. The van der Waals surface area contributed by atoms with E-state index in [1.165, 1.54) is 0 Å². The summed E-state index contributed by atoms with van der Waals surface area (Å²) in [5.41, 5.74) is 4.90. The first kappa shape index (κ1) is 14.2. The minimum Gasteiger partial charge on any atom is -0.480 e. The first-order chi connectivity index (χ1) is 7.34. The number of carboxylic acids is 1. The van der Waals surface area contributed by atoms with Gasteiger partial charge in [-0.15, -0.1) is 0 Å². The van der Waals surface area contributed by atoms with Gasteiger partial charge in [0, 0.05) is 19.0 Å². The van der Waals surface area contributed by atoms with Gasteiger partial charge in [-0.25, -0.2) is 4.79 Å². The van der Waals surface area contributed by atoms with Crippen LogP contribution in [0.2, 0.25) is 0 Å². The Morgan fingerprint density at radius 3 is 2.31 bits per heavy atom. The molecule has 0 heterocycles. The van der Waals surface area contributed by atoms with Crippen LogP contribution in [0.25, 0.3) is 0 Å². The van der Waals surface area contributed by atoms with Crippen molar-refractivity contribution >= 4 is 17.9 Å². The Morgan fingerprint density at radius 1 is 1.38 bits per heavy atom. The van der Waals surface area contributed by atoms with Gasteiger partial charge in [0.2, 0.25) is 5.91 Å². The van der Waals surface area contributed by atoms with Crippen LogP contribution < -0.4 is 11.1 Å². The van der Waals surface area contributed by atoms with Crippen LogP contribution in [-0.2, 0) is 9.59 Å². The van der Waals surface area contributed by atoms with E-state index in [1.807, 2.05) is 0 Å². The molecule has 0 fully saturated rings. The Labute approximate surface area is 93.6 Å². The van der Waals surface area contributed by atoms with E-state index >= 15 is 0 Å². The summed E-state index contributed by atoms with van der Waals surface area (Å²) in [7, 11) is 0. The van der Waals surface area contributed by atoms with Crippen LogP contribution in [0.4, 0.5) is 4.79 Å². The molecule has 4 N–H and O–H groups in total. The zero-order valence-corrected chi connectivity index (χ0v) is 9.40. The second kappa shape index (κ2) is 6.65. The van der Waals surface area contributed by atoms with Crippen LogP contribution in [-0.4, -0.2) is 47.0 Å². The van der Waals surface area contributed by atoms with Gasteiger partial charge in [0.05, 0.1) is 0 Å². The molecule has 0 aliphatic heterocycles. The Balaban J connectivity index is 4.17. The molecule has 7 heteroatoms. The van der Waals surface area contributed by atoms with Crippen molar-refractivity contribution in [3.8, 4) is 0 Å². The third-order valence-electron chi connectivity index (χ3n) is 1.84. The van der Waals surface area contributed by atoms with Gasteiger partial charge < -0.3 is 21.1 Å². The summed E-state index contributed by atoms with van der Waals surface area (Å²) < 4.78 is 0. The second-order valence-corrected chi connectivity index (χ2v) is 3.56. The highest BCUT2D eigenvalue weighted by Crippen LogP contribution is 1.98. The third-order valence-corrected chi connectivity index (χ3v) is 1.84. The largest absolute Gasteiger partial charge is 0.480 e. The van der Waals surface area contributed by atoms with Crippen LogP contribution in [0.3, 0.4) is 0 Å². The molecule has 0 radical (unpaired) electrons. The van der Waals surface area contributed by atoms with E-state index in [2.05, 4.69) is 5.32 Å². The maximum Gasteiger partial charge on any atom is 0.323 e. The van der Waals surface area contributed by atoms with Crippen LogP contribution in [0.15, 0.2) is 0 Å². The number of hydrogen-bond donors (Lipinski definition) is 3. The summed E-state index contributed by atoms with van der Waals surface area (Å²) >= 11 is 0. The molecule has 0 unspecified atom stereocenters. The number of carboxylic acid groups (broad SMARTS) is 1. The molecule has 0 rings (SSSR count). The predicted molar refractivity (Wildman–Crippen MR) is 56.7 cm³/mol. The fraction of sp³-hybridized carbons (Fsp3) is 0.667. The van der Waals surface area contributed by atoms with Crippen molar-refractivity contribution in [2.24, 2.45) is 5.73 Å². The van der Waals surface area contributed by atoms with Crippen molar-refractivity contribution in [1.29, 1.82) is 0 Å². The number of nitrogens with one attached hydrogen (secondary N) is 1. The van der Waals surface area contributed by atoms with Gasteiger partial charge in [-0.1, -0.05) is 0 Å². The summed E-state index contributed by atoms with van der Waals surface area (Å²) in [6.07, 6.45) is 0.0325. The number of urea groups is 1. The van der Waals surface area contributed by atoms with E-state index < -0.39 is 17.9 Å². The Bertz CT molecular complexity index is 278. The van der Waals surface area contributed by atoms with Gasteiger partial charge in [0.25, 0.3) is 0 Å². The lowest BCUT2D eigenvalue weighted by atomic mass is 10.3. The molecule has 0 atom stereocenters. The lowest BCUT2D eigenvalue weighted by Gasteiger charge is -2.24. The molecule has 0 saturated carbocycles. The Kier molecular flexibility index (Phi) is 5.91. The summed E-state index contributed by atoms with van der Waals surface area (Å²) in [5, 5.41) is 11.0. The van der Waals surface area contributed by atoms with Crippen molar-refractivity contribution in [1.82, 2.24) is 10.2 Å². The number of carbonyl (C=O) groups excluding carboxylic acids is 2. The zero-order valence-electron chi connectivity index (χ0n) is 9.40. The number of nitrogens with zero attached hydrogens (tertiary/aromatic N) is 1. The normalized spacial score (nSPS) is 9.94. The third kappa shape index (κ3) is 5.84. The molecular weight excluding hydrogens is 214 g/mol. The molecule has 92 valence electrons. The standard InChI is InChI=1S/C9H17N3O4/c1-6(2)12(5-8(14)15)9(16)11-4-3-7(10)13/h6H,3-5H2,1-2H3,(H2,10,13)(H,11,16)(H,14,15). The second-order valence-electron chi connectivity index (χ2n) is 3.56. The summed E-state index contributed by atoms with van der Waals surface area (Å²) in [6, 6.07) is -0.747. The lowest BCUT2D eigenvalue weighted by molar-refractivity contribution is -0.138. The molecule has 3 amide bonds. The molecule has 0 saturated heterocycles. The molecule has 0 aliphatic rings. The summed E-state index contributed by atoms with van der Waals surface area (Å²) in [5.74, 6) is -1.60. The van der Waals surface area contributed by atoms with E-state index in [0.29, 0.717) is 0 Å². The minimum absolute atomic E-state index is 0.0325. The van der Waals surface area contributed by atoms with Crippen LogP contribution in [0.5, 0.6) is 0 Å². The number of primary amides is 1. The number of carbonyl (C=O) groups is 3. The Hall–Kier alpha value is -1.79. The van der Waals surface area contributed by atoms with Crippen molar-refractivity contribution in [2.75, 3.05) is 13.1 Å². The maximum absolute atomic E-state index is 11.5. The highest BCUT2D eigenvalue weighted by molar-refractivity contribution is 5.81. The molecule has 0 aliphatic carbocycles. The van der Waals surface area contributed by atoms with Crippen LogP contribution in [0.1, 0.15) is 20.3 Å². The first-order valence-electron chi connectivity index (χ1n) is 4.89. The highest BCUT2D eigenvalue weighted by Gasteiger charge is 2.19. The number of nitrogens with two attached hydrogens (primary N) is 1. The van der Waals surface area contributed by atoms with E-state index in [0.717, 1.165) is 4.90 Å². The SMILES string of the molecule is CC(C)N(CC(=O)O)C(=O)NCCC(N)=O. The average Bonchev–Trinajstić information content (AvgIpc) is 2.12. The first-order valence-corrected chi connectivity index (χ1v) is 4.89. The molecule has 0 spiro atoms. The fourth-order valence-corrected chi connectivity index (χ4v) is 1.03. The lowest BCUT2D eigenvalue weighted by Crippen LogP contribution is -2.47. The summed E-state index contributed by atoms with van der Waals surface area (Å²) in [4.78, 5) is 33.6. The van der Waals surface area contributed by atoms with Gasteiger partial charge in [-0.3, -0.25) is 9.59 Å². The van der Waals surface area contributed by atoms with E-state index in [9.17, 15) is 14.4 Å². The van der Waals surface area contributed by atoms with Crippen molar-refractivity contribution in [3.05, 3.63) is 0 Å². The van der Waals surface area contributed by atoms with E-state index in [4.69, 9.17) is 10.8 Å². The molecule has 7 nitrogen and oxygen atoms in total. The van der Waals surface area contributed by atoms with Gasteiger partial charge in [0.1, 0.15) is 6.54 Å². The maximum atomic E-state index is 11.5. The fourth-order valence-electron chi connectivity index (χ4n) is 1.03. The Morgan fingerprint density at radius 2 is 1.94 bits per heavy atom. The highest BCUT2D eigenvalue weighted by atomic mass is 16.4. The number of hydrogen-bond acceptors (Lipinski definition) is 3. The van der Waals surface area contributed by atoms with Gasteiger partial charge in [-0.2, -0.15) is 0 Å². The van der Waals surface area contributed by atoms with E-state index in [1.54, 1.807) is 13.8 Å². The average molecular weight is 231 g/mol. The van der Waals surface area contributed by atoms with Gasteiger partial charge in [-0.05, 0) is 13.8 Å². The topological polar surface area (TPSA) is 113 Å². The molecule has 16 heavy (non-hydrogen) atoms. The van der Waals surface area contributed by atoms with Crippen LogP contribution in [0, 0.1) is 0 Å². The molecule has 0 aromatic heterocycles. The predicted octanol–water partition coefficient (Wildman–Crippen LogP) is -0.634. The smallest absolute Gasteiger partial charge is 0.323 e. The van der Waals surface area contributed by atoms with Gasteiger partial charge >= 0.3 is 12.0 Å². The molecule has 0 bridgehead atoms. The molecular formula is C9H17N3O4. The number of rotatable bonds is 6. The number of aliphatic carboxylic acids is 1. The summed E-state index contributed by atoms with van der Waals surface area (Å²) in [6.45, 7) is 3.14. The van der Waals surface area contributed by atoms with Gasteiger partial charge in [0.15, 0.2) is 0 Å². The molecule has 0 aromatic carbocycles. The molecule has 0 aromatic rings.